The molecule has 0 aromatic heterocycles. The number of rotatable bonds is 7. The van der Waals surface area contributed by atoms with Gasteiger partial charge in [-0.3, -0.25) is 5.43 Å². The van der Waals surface area contributed by atoms with E-state index in [0.29, 0.717) is 18.3 Å². The summed E-state index contributed by atoms with van der Waals surface area (Å²) in [4.78, 5) is 0. The van der Waals surface area contributed by atoms with Crippen LogP contribution < -0.4 is 15.5 Å². The first-order valence-electron chi connectivity index (χ1n) is 7.33. The van der Waals surface area contributed by atoms with Gasteiger partial charge >= 0.3 is 0 Å². The predicted molar refractivity (Wildman–Crippen MR) is 106 cm³/mol. The van der Waals surface area contributed by atoms with Crippen molar-refractivity contribution in [1.82, 2.24) is 10.7 Å². The lowest BCUT2D eigenvalue weighted by Gasteiger charge is -2.09. The van der Waals surface area contributed by atoms with Gasteiger partial charge in [-0.1, -0.05) is 46.3 Å². The van der Waals surface area contributed by atoms with Crippen molar-refractivity contribution in [3.8, 4) is 5.75 Å². The van der Waals surface area contributed by atoms with E-state index in [-0.39, 0.29) is 0 Å². The molecular weight excluding hydrogens is 386 g/mol. The Morgan fingerprint density at radius 2 is 1.96 bits per heavy atom. The first kappa shape index (κ1) is 18.2. The highest BCUT2D eigenvalue weighted by Crippen LogP contribution is 2.18. The summed E-state index contributed by atoms with van der Waals surface area (Å²) in [6.07, 6.45) is 3.40. The van der Waals surface area contributed by atoms with Gasteiger partial charge < -0.3 is 10.1 Å². The molecule has 0 bridgehead atoms. The molecule has 0 aliphatic rings. The fraction of sp³-hybridized carbons (Fsp3) is 0.111. The lowest BCUT2D eigenvalue weighted by atomic mass is 10.2. The Bertz CT molecular complexity index is 716. The molecule has 2 rings (SSSR count). The van der Waals surface area contributed by atoms with Crippen LogP contribution in [-0.4, -0.2) is 17.9 Å². The maximum Gasteiger partial charge on any atom is 0.187 e. The first-order chi connectivity index (χ1) is 11.7. The molecular formula is C18H18BrN3OS. The van der Waals surface area contributed by atoms with Crippen LogP contribution in [0.2, 0.25) is 0 Å². The number of hydrogen-bond donors (Lipinski definition) is 2. The molecule has 6 heteroatoms. The van der Waals surface area contributed by atoms with E-state index in [1.165, 1.54) is 0 Å². The van der Waals surface area contributed by atoms with E-state index >= 15 is 0 Å². The summed E-state index contributed by atoms with van der Waals surface area (Å²) >= 11 is 8.50. The SMILES string of the molecule is C=CCNC(=S)N/N=C/c1ccccc1OCc1ccc(Br)cc1. The maximum absolute atomic E-state index is 5.89. The van der Waals surface area contributed by atoms with Crippen molar-refractivity contribution in [3.05, 3.63) is 76.8 Å². The highest BCUT2D eigenvalue weighted by Gasteiger charge is 2.01. The largest absolute Gasteiger partial charge is 0.488 e. The van der Waals surface area contributed by atoms with Gasteiger partial charge in [0, 0.05) is 16.6 Å². The van der Waals surface area contributed by atoms with Crippen molar-refractivity contribution < 1.29 is 4.74 Å². The number of benzene rings is 2. The Morgan fingerprint density at radius 1 is 1.21 bits per heavy atom. The molecule has 0 aliphatic heterocycles. The molecule has 0 heterocycles. The van der Waals surface area contributed by atoms with Crippen LogP contribution in [0.1, 0.15) is 11.1 Å². The van der Waals surface area contributed by atoms with Crippen LogP contribution in [0.4, 0.5) is 0 Å². The zero-order valence-electron chi connectivity index (χ0n) is 13.0. The Morgan fingerprint density at radius 3 is 2.71 bits per heavy atom. The predicted octanol–water partition coefficient (Wildman–Crippen LogP) is 4.01. The van der Waals surface area contributed by atoms with E-state index in [2.05, 4.69) is 38.4 Å². The molecule has 0 spiro atoms. The standard InChI is InChI=1S/C18H18BrN3OS/c1-2-11-20-18(24)22-21-12-15-5-3-4-6-17(15)23-13-14-7-9-16(19)10-8-14/h2-10,12H,1,11,13H2,(H2,20,22,24)/b21-12+. The van der Waals surface area contributed by atoms with Crippen molar-refractivity contribution >= 4 is 39.5 Å². The average molecular weight is 404 g/mol. The van der Waals surface area contributed by atoms with Crippen molar-refractivity contribution in [2.45, 2.75) is 6.61 Å². The van der Waals surface area contributed by atoms with Crippen LogP contribution >= 0.6 is 28.1 Å². The van der Waals surface area contributed by atoms with E-state index < -0.39 is 0 Å². The molecule has 0 aliphatic carbocycles. The van der Waals surface area contributed by atoms with Gasteiger partial charge in [0.1, 0.15) is 12.4 Å². The fourth-order valence-electron chi connectivity index (χ4n) is 1.83. The van der Waals surface area contributed by atoms with Crippen molar-refractivity contribution in [2.75, 3.05) is 6.54 Å². The molecule has 0 unspecified atom stereocenters. The highest BCUT2D eigenvalue weighted by atomic mass is 79.9. The van der Waals surface area contributed by atoms with Gasteiger partial charge in [-0.05, 0) is 42.0 Å². The van der Waals surface area contributed by atoms with Gasteiger partial charge in [0.05, 0.1) is 6.21 Å². The lowest BCUT2D eigenvalue weighted by Crippen LogP contribution is -2.31. The average Bonchev–Trinajstić information content (AvgIpc) is 2.60. The van der Waals surface area contributed by atoms with Gasteiger partial charge in [-0.2, -0.15) is 5.10 Å². The van der Waals surface area contributed by atoms with E-state index in [4.69, 9.17) is 17.0 Å². The molecule has 0 saturated heterocycles. The van der Waals surface area contributed by atoms with E-state index in [9.17, 15) is 0 Å². The normalized spacial score (nSPS) is 10.4. The van der Waals surface area contributed by atoms with E-state index in [1.54, 1.807) is 12.3 Å². The number of nitrogens with zero attached hydrogens (tertiary/aromatic N) is 1. The zero-order valence-corrected chi connectivity index (χ0v) is 15.4. The summed E-state index contributed by atoms with van der Waals surface area (Å²) < 4.78 is 6.94. The highest BCUT2D eigenvalue weighted by molar-refractivity contribution is 9.10. The Kier molecular flexibility index (Phi) is 7.45. The Hall–Kier alpha value is -2.18. The number of halogens is 1. The second-order valence-electron chi connectivity index (χ2n) is 4.82. The summed E-state index contributed by atoms with van der Waals surface area (Å²) in [5.74, 6) is 0.760. The maximum atomic E-state index is 5.89. The number of hydrazone groups is 1. The van der Waals surface area contributed by atoms with Crippen LogP contribution in [0.25, 0.3) is 0 Å². The topological polar surface area (TPSA) is 45.7 Å². The van der Waals surface area contributed by atoms with Crippen LogP contribution in [0, 0.1) is 0 Å². The number of thiocarbonyl (C=S) groups is 1. The van der Waals surface area contributed by atoms with E-state index in [1.807, 2.05) is 48.5 Å². The van der Waals surface area contributed by atoms with Crippen LogP contribution in [0.15, 0.2) is 70.8 Å². The van der Waals surface area contributed by atoms with Crippen LogP contribution in [0.5, 0.6) is 5.75 Å². The molecule has 2 aromatic carbocycles. The molecule has 0 atom stereocenters. The van der Waals surface area contributed by atoms with Crippen LogP contribution in [0.3, 0.4) is 0 Å². The minimum atomic E-state index is 0.444. The minimum Gasteiger partial charge on any atom is -0.488 e. The third-order valence-electron chi connectivity index (χ3n) is 3.00. The monoisotopic (exact) mass is 403 g/mol. The Balaban J connectivity index is 1.95. The molecule has 24 heavy (non-hydrogen) atoms. The molecule has 4 nitrogen and oxygen atoms in total. The summed E-state index contributed by atoms with van der Waals surface area (Å²) in [5.41, 5.74) is 4.72. The summed E-state index contributed by atoms with van der Waals surface area (Å²) in [7, 11) is 0. The first-order valence-corrected chi connectivity index (χ1v) is 8.53. The number of nitrogens with one attached hydrogen (secondary N) is 2. The summed E-state index contributed by atoms with van der Waals surface area (Å²) in [6, 6.07) is 15.7. The molecule has 0 amide bonds. The third kappa shape index (κ3) is 6.14. The lowest BCUT2D eigenvalue weighted by molar-refractivity contribution is 0.306. The van der Waals surface area contributed by atoms with Gasteiger partial charge in [-0.15, -0.1) is 6.58 Å². The second kappa shape index (κ2) is 9.85. The number of para-hydroxylation sites is 1. The quantitative estimate of drug-likeness (QED) is 0.317. The van der Waals surface area contributed by atoms with Crippen LogP contribution in [-0.2, 0) is 6.61 Å². The van der Waals surface area contributed by atoms with Gasteiger partial charge in [0.2, 0.25) is 0 Å². The van der Waals surface area contributed by atoms with Gasteiger partial charge in [0.25, 0.3) is 0 Å². The zero-order chi connectivity index (χ0) is 17.2. The van der Waals surface area contributed by atoms with Crippen molar-refractivity contribution in [3.63, 3.8) is 0 Å². The Labute approximate surface area is 155 Å². The van der Waals surface area contributed by atoms with Gasteiger partial charge in [-0.25, -0.2) is 0 Å². The smallest absolute Gasteiger partial charge is 0.187 e. The van der Waals surface area contributed by atoms with E-state index in [0.717, 1.165) is 21.3 Å². The molecule has 2 aromatic rings. The third-order valence-corrected chi connectivity index (χ3v) is 3.77. The number of ether oxygens (including phenoxy) is 1. The summed E-state index contributed by atoms with van der Waals surface area (Å²) in [5, 5.41) is 7.50. The molecule has 0 fully saturated rings. The second-order valence-corrected chi connectivity index (χ2v) is 6.15. The number of hydrogen-bond acceptors (Lipinski definition) is 3. The molecule has 0 radical (unpaired) electrons. The van der Waals surface area contributed by atoms with Gasteiger partial charge in [0.15, 0.2) is 5.11 Å². The molecule has 0 saturated carbocycles. The van der Waals surface area contributed by atoms with Crippen molar-refractivity contribution in [1.29, 1.82) is 0 Å². The molecule has 2 N–H and O–H groups in total. The van der Waals surface area contributed by atoms with Crippen molar-refractivity contribution in [2.24, 2.45) is 5.10 Å². The minimum absolute atomic E-state index is 0.444. The fourth-order valence-corrected chi connectivity index (χ4v) is 2.23. The summed E-state index contributed by atoms with van der Waals surface area (Å²) in [6.45, 7) is 4.70. The molecule has 124 valence electrons.